The number of carbonyl (C=O) groups is 2. The Bertz CT molecular complexity index is 321. The number of rotatable bonds is 5. The number of carbonyl (C=O) groups excluding carboxylic acids is 2. The van der Waals surface area contributed by atoms with Gasteiger partial charge in [-0.05, 0) is 20.8 Å². The van der Waals surface area contributed by atoms with Crippen LogP contribution in [0.25, 0.3) is 0 Å². The third-order valence-electron chi connectivity index (χ3n) is 1.54. The van der Waals surface area contributed by atoms with Crippen molar-refractivity contribution in [2.45, 2.75) is 27.7 Å². The lowest BCUT2D eigenvalue weighted by Crippen LogP contribution is -2.27. The Morgan fingerprint density at radius 1 is 1.12 bits per heavy atom. The number of nitrogens with one attached hydrogen (secondary N) is 2. The standard InChI is InChI=1S/C10H18N4O2/c1-7(5-12-10(4)16)13-14-9(3)11-6-8(2)15/h5-6H2,1-4H3,(H,11,14)(H,12,16)/b13-7-. The maximum Gasteiger partial charge on any atom is 0.217 e. The van der Waals surface area contributed by atoms with Crippen molar-refractivity contribution in [1.29, 1.82) is 0 Å². The normalized spacial score (nSPS) is 12.2. The molecule has 0 atom stereocenters. The average Bonchev–Trinajstić information content (AvgIpc) is 2.20. The molecule has 0 aliphatic heterocycles. The molecule has 0 spiro atoms. The van der Waals surface area contributed by atoms with E-state index in [1.807, 2.05) is 0 Å². The number of hydrazone groups is 1. The van der Waals surface area contributed by atoms with Crippen molar-refractivity contribution < 1.29 is 9.59 Å². The molecule has 0 heterocycles. The van der Waals surface area contributed by atoms with Crippen LogP contribution < -0.4 is 10.7 Å². The minimum atomic E-state index is -0.100. The Hall–Kier alpha value is -1.72. The summed E-state index contributed by atoms with van der Waals surface area (Å²) < 4.78 is 0. The van der Waals surface area contributed by atoms with Crippen molar-refractivity contribution in [2.75, 3.05) is 13.1 Å². The average molecular weight is 226 g/mol. The second kappa shape index (κ2) is 7.56. The predicted octanol–water partition coefficient (Wildman–Crippen LogP) is 0.0954. The van der Waals surface area contributed by atoms with Gasteiger partial charge < -0.3 is 5.32 Å². The zero-order chi connectivity index (χ0) is 12.6. The lowest BCUT2D eigenvalue weighted by molar-refractivity contribution is -0.118. The first-order chi connectivity index (χ1) is 7.41. The van der Waals surface area contributed by atoms with Crippen LogP contribution >= 0.6 is 0 Å². The number of aliphatic imine (C=N–C) groups is 1. The smallest absolute Gasteiger partial charge is 0.217 e. The Balaban J connectivity index is 4.00. The van der Waals surface area contributed by atoms with E-state index in [2.05, 4.69) is 20.8 Å². The van der Waals surface area contributed by atoms with E-state index in [1.54, 1.807) is 13.8 Å². The van der Waals surface area contributed by atoms with Crippen molar-refractivity contribution in [3.63, 3.8) is 0 Å². The van der Waals surface area contributed by atoms with Gasteiger partial charge in [0.1, 0.15) is 5.84 Å². The molecule has 0 unspecified atom stereocenters. The molecule has 1 amide bonds. The molecule has 0 aromatic heterocycles. The van der Waals surface area contributed by atoms with Crippen molar-refractivity contribution in [3.8, 4) is 0 Å². The highest BCUT2D eigenvalue weighted by molar-refractivity contribution is 5.89. The number of hydrogen-bond acceptors (Lipinski definition) is 4. The highest BCUT2D eigenvalue weighted by Crippen LogP contribution is 1.79. The predicted molar refractivity (Wildman–Crippen MR) is 63.6 cm³/mol. The van der Waals surface area contributed by atoms with E-state index in [1.165, 1.54) is 13.8 Å². The summed E-state index contributed by atoms with van der Waals surface area (Å²) in [7, 11) is 0. The van der Waals surface area contributed by atoms with Gasteiger partial charge in [0.2, 0.25) is 5.91 Å². The first-order valence-corrected chi connectivity index (χ1v) is 4.96. The van der Waals surface area contributed by atoms with Crippen LogP contribution in [0.3, 0.4) is 0 Å². The molecule has 0 saturated carbocycles. The molecule has 0 rings (SSSR count). The van der Waals surface area contributed by atoms with Gasteiger partial charge in [-0.2, -0.15) is 5.10 Å². The summed E-state index contributed by atoms with van der Waals surface area (Å²) in [5, 5.41) is 6.60. The Morgan fingerprint density at radius 2 is 1.75 bits per heavy atom. The SMILES string of the molecule is CC(=O)CN=C(C)N/N=C(/C)CNC(C)=O. The number of Topliss-reactive ketones (excluding diaryl/α,β-unsaturated/α-hetero) is 1. The minimum Gasteiger partial charge on any atom is -0.351 e. The number of hydrogen-bond donors (Lipinski definition) is 2. The van der Waals surface area contributed by atoms with E-state index in [0.717, 1.165) is 5.71 Å². The molecular formula is C10H18N4O2. The topological polar surface area (TPSA) is 82.9 Å². The van der Waals surface area contributed by atoms with Gasteiger partial charge >= 0.3 is 0 Å². The molecule has 0 fully saturated rings. The number of amidine groups is 1. The largest absolute Gasteiger partial charge is 0.351 e. The first-order valence-electron chi connectivity index (χ1n) is 4.96. The Labute approximate surface area is 95.2 Å². The van der Waals surface area contributed by atoms with Crippen LogP contribution in [-0.2, 0) is 9.59 Å². The van der Waals surface area contributed by atoms with E-state index in [4.69, 9.17) is 0 Å². The first kappa shape index (κ1) is 14.3. The number of nitrogens with zero attached hydrogens (tertiary/aromatic N) is 2. The molecule has 0 aliphatic rings. The maximum atomic E-state index is 10.6. The van der Waals surface area contributed by atoms with Crippen LogP contribution in [0.5, 0.6) is 0 Å². The van der Waals surface area contributed by atoms with Crippen LogP contribution in [0.2, 0.25) is 0 Å². The summed E-state index contributed by atoms with van der Waals surface area (Å²) in [6.45, 7) is 6.96. The van der Waals surface area contributed by atoms with Crippen molar-refractivity contribution in [1.82, 2.24) is 10.7 Å². The monoisotopic (exact) mass is 226 g/mol. The van der Waals surface area contributed by atoms with Gasteiger partial charge in [-0.25, -0.2) is 0 Å². The fourth-order valence-electron chi connectivity index (χ4n) is 0.734. The van der Waals surface area contributed by atoms with Gasteiger partial charge in [-0.3, -0.25) is 20.0 Å². The third-order valence-corrected chi connectivity index (χ3v) is 1.54. The van der Waals surface area contributed by atoms with Crippen LogP contribution in [-0.4, -0.2) is 36.3 Å². The molecule has 0 saturated heterocycles. The van der Waals surface area contributed by atoms with Gasteiger partial charge in [0.25, 0.3) is 0 Å². The molecule has 6 nitrogen and oxygen atoms in total. The van der Waals surface area contributed by atoms with Crippen LogP contribution in [0.15, 0.2) is 10.1 Å². The van der Waals surface area contributed by atoms with Crippen LogP contribution in [0.4, 0.5) is 0 Å². The molecular weight excluding hydrogens is 208 g/mol. The Morgan fingerprint density at radius 3 is 2.25 bits per heavy atom. The van der Waals surface area contributed by atoms with Crippen LogP contribution in [0.1, 0.15) is 27.7 Å². The van der Waals surface area contributed by atoms with E-state index in [0.29, 0.717) is 12.4 Å². The van der Waals surface area contributed by atoms with Gasteiger partial charge in [0.15, 0.2) is 5.78 Å². The number of amides is 1. The highest BCUT2D eigenvalue weighted by Gasteiger charge is 1.95. The summed E-state index contributed by atoms with van der Waals surface area (Å²) in [6, 6.07) is 0. The number of ketones is 1. The fourth-order valence-corrected chi connectivity index (χ4v) is 0.734. The van der Waals surface area contributed by atoms with Crippen molar-refractivity contribution >= 4 is 23.2 Å². The molecule has 0 aromatic rings. The summed E-state index contributed by atoms with van der Waals surface area (Å²) >= 11 is 0. The summed E-state index contributed by atoms with van der Waals surface area (Å²) in [5.41, 5.74) is 3.43. The summed E-state index contributed by atoms with van der Waals surface area (Å²) in [6.07, 6.45) is 0. The quantitative estimate of drug-likeness (QED) is 0.396. The maximum absolute atomic E-state index is 10.6. The Kier molecular flexibility index (Phi) is 6.74. The zero-order valence-corrected chi connectivity index (χ0v) is 10.1. The summed E-state index contributed by atoms with van der Waals surface area (Å²) in [5.74, 6) is 0.467. The molecule has 6 heteroatoms. The van der Waals surface area contributed by atoms with E-state index < -0.39 is 0 Å². The molecule has 0 aromatic carbocycles. The van der Waals surface area contributed by atoms with Crippen molar-refractivity contribution in [3.05, 3.63) is 0 Å². The second-order valence-corrected chi connectivity index (χ2v) is 3.47. The molecule has 16 heavy (non-hydrogen) atoms. The fraction of sp³-hybridized carbons (Fsp3) is 0.600. The van der Waals surface area contributed by atoms with Crippen molar-refractivity contribution in [2.24, 2.45) is 10.1 Å². The second-order valence-electron chi connectivity index (χ2n) is 3.47. The van der Waals surface area contributed by atoms with Gasteiger partial charge in [0.05, 0.1) is 18.8 Å². The lowest BCUT2D eigenvalue weighted by Gasteiger charge is -2.03. The highest BCUT2D eigenvalue weighted by atomic mass is 16.1. The molecule has 90 valence electrons. The molecule has 2 N–H and O–H groups in total. The molecule has 0 radical (unpaired) electrons. The third kappa shape index (κ3) is 8.86. The minimum absolute atomic E-state index is 0.0000906. The van der Waals surface area contributed by atoms with E-state index in [9.17, 15) is 9.59 Å². The van der Waals surface area contributed by atoms with Gasteiger partial charge in [0, 0.05) is 6.92 Å². The molecule has 0 aliphatic carbocycles. The zero-order valence-electron chi connectivity index (χ0n) is 10.1. The summed E-state index contributed by atoms with van der Waals surface area (Å²) in [4.78, 5) is 25.2. The lowest BCUT2D eigenvalue weighted by atomic mass is 10.4. The van der Waals surface area contributed by atoms with E-state index in [-0.39, 0.29) is 18.2 Å². The van der Waals surface area contributed by atoms with Gasteiger partial charge in [-0.15, -0.1) is 0 Å². The van der Waals surface area contributed by atoms with Gasteiger partial charge in [-0.1, -0.05) is 0 Å². The molecule has 0 bridgehead atoms. The van der Waals surface area contributed by atoms with E-state index >= 15 is 0 Å². The van der Waals surface area contributed by atoms with Crippen LogP contribution in [0, 0.1) is 0 Å².